The van der Waals surface area contributed by atoms with Crippen molar-refractivity contribution >= 4 is 17.1 Å². The van der Waals surface area contributed by atoms with Crippen LogP contribution in [0.1, 0.15) is 35.5 Å². The van der Waals surface area contributed by atoms with Gasteiger partial charge in [-0.05, 0) is 26.1 Å². The van der Waals surface area contributed by atoms with Gasteiger partial charge in [0.05, 0.1) is 12.2 Å². The van der Waals surface area contributed by atoms with Gasteiger partial charge in [0.1, 0.15) is 11.3 Å². The molecule has 0 radical (unpaired) electrons. The Morgan fingerprint density at radius 1 is 1.36 bits per heavy atom. The molecule has 1 aliphatic carbocycles. The van der Waals surface area contributed by atoms with Gasteiger partial charge in [-0.25, -0.2) is 4.98 Å². The normalized spacial score (nSPS) is 16.7. The zero-order chi connectivity index (χ0) is 19.5. The van der Waals surface area contributed by atoms with E-state index in [9.17, 15) is 4.79 Å². The predicted octanol–water partition coefficient (Wildman–Crippen LogP) is 2.01. The molecule has 0 bridgehead atoms. The predicted molar refractivity (Wildman–Crippen MR) is 105 cm³/mol. The first-order chi connectivity index (χ1) is 13.7. The van der Waals surface area contributed by atoms with Crippen LogP contribution >= 0.6 is 0 Å². The number of pyridine rings is 1. The molecule has 0 aromatic carbocycles. The molecule has 3 aromatic rings. The molecule has 4 rings (SSSR count). The van der Waals surface area contributed by atoms with Gasteiger partial charge in [-0.1, -0.05) is 28.9 Å². The van der Waals surface area contributed by atoms with E-state index < -0.39 is 0 Å². The number of nitrogens with one attached hydrogen (secondary N) is 2. The summed E-state index contributed by atoms with van der Waals surface area (Å²) >= 11 is 0. The number of rotatable bonds is 6. The Morgan fingerprint density at radius 2 is 2.25 bits per heavy atom. The van der Waals surface area contributed by atoms with Gasteiger partial charge in [-0.3, -0.25) is 9.20 Å². The van der Waals surface area contributed by atoms with Gasteiger partial charge in [-0.15, -0.1) is 0 Å². The first-order valence-electron chi connectivity index (χ1n) is 9.23. The smallest absolute Gasteiger partial charge is 0.270 e. The molecule has 0 aliphatic heterocycles. The molecule has 2 N–H and O–H groups in total. The van der Waals surface area contributed by atoms with Crippen molar-refractivity contribution in [2.45, 2.75) is 25.8 Å². The molecule has 28 heavy (non-hydrogen) atoms. The summed E-state index contributed by atoms with van der Waals surface area (Å²) in [6, 6.07) is 5.50. The average Bonchev–Trinajstić information content (AvgIpc) is 3.35. The average molecular weight is 378 g/mol. The van der Waals surface area contributed by atoms with Crippen molar-refractivity contribution in [3.63, 3.8) is 0 Å². The maximum atomic E-state index is 12.8. The minimum atomic E-state index is -0.166. The van der Waals surface area contributed by atoms with Gasteiger partial charge in [0.2, 0.25) is 5.89 Å². The maximum absolute atomic E-state index is 12.8. The zero-order valence-electron chi connectivity index (χ0n) is 15.8. The van der Waals surface area contributed by atoms with Crippen molar-refractivity contribution in [2.75, 3.05) is 13.6 Å². The summed E-state index contributed by atoms with van der Waals surface area (Å²) in [5.41, 5.74) is 3.26. The number of nitrogens with zero attached hydrogens (tertiary/aromatic N) is 4. The van der Waals surface area contributed by atoms with Gasteiger partial charge < -0.3 is 15.2 Å². The zero-order valence-corrected chi connectivity index (χ0v) is 15.8. The number of allylic oxidation sites excluding steroid dienone is 2. The standard InChI is InChI=1S/C20H22N6O2/c1-13-6-7-14(19-24-18(28-25-19)8-9-21-2)11-15(13)23-20(27)16-12-22-17-5-3-4-10-26(16)17/h3-7,10,12,15,21H,8-9,11H2,1-2H3,(H,23,27). The van der Waals surface area contributed by atoms with Gasteiger partial charge in [0.15, 0.2) is 5.82 Å². The lowest BCUT2D eigenvalue weighted by Crippen LogP contribution is -2.37. The molecule has 144 valence electrons. The molecule has 3 heterocycles. The second-order valence-electron chi connectivity index (χ2n) is 6.77. The number of likely N-dealkylation sites (N-methyl/N-ethyl adjacent to an activating group) is 1. The van der Waals surface area contributed by atoms with E-state index in [0.717, 1.165) is 23.3 Å². The Hall–Kier alpha value is -3.26. The molecule has 1 aliphatic rings. The number of carbonyl (C=O) groups is 1. The monoisotopic (exact) mass is 378 g/mol. The van der Waals surface area contributed by atoms with E-state index in [4.69, 9.17) is 4.52 Å². The molecule has 3 aromatic heterocycles. The van der Waals surface area contributed by atoms with Gasteiger partial charge >= 0.3 is 0 Å². The molecule has 0 saturated carbocycles. The Bertz CT molecular complexity index is 1060. The van der Waals surface area contributed by atoms with Gasteiger partial charge in [0, 0.05) is 31.2 Å². The van der Waals surface area contributed by atoms with E-state index >= 15 is 0 Å². The summed E-state index contributed by atoms with van der Waals surface area (Å²) in [4.78, 5) is 21.6. The van der Waals surface area contributed by atoms with Crippen LogP contribution in [-0.2, 0) is 6.42 Å². The Kier molecular flexibility index (Phi) is 5.03. The van der Waals surface area contributed by atoms with Crippen molar-refractivity contribution in [3.8, 4) is 0 Å². The lowest BCUT2D eigenvalue weighted by atomic mass is 9.93. The van der Waals surface area contributed by atoms with Crippen LogP contribution in [0.5, 0.6) is 0 Å². The topological polar surface area (TPSA) is 97.3 Å². The maximum Gasteiger partial charge on any atom is 0.270 e. The number of hydrogen-bond donors (Lipinski definition) is 2. The first-order valence-corrected chi connectivity index (χ1v) is 9.23. The molecule has 1 atom stereocenters. The summed E-state index contributed by atoms with van der Waals surface area (Å²) in [6.07, 6.45) is 8.69. The quantitative estimate of drug-likeness (QED) is 0.681. The fraction of sp³-hybridized carbons (Fsp3) is 0.300. The minimum Gasteiger partial charge on any atom is -0.344 e. The highest BCUT2D eigenvalue weighted by Gasteiger charge is 2.24. The van der Waals surface area contributed by atoms with Crippen LogP contribution in [0, 0.1) is 0 Å². The number of imidazole rings is 1. The summed E-state index contributed by atoms with van der Waals surface area (Å²) < 4.78 is 7.09. The second-order valence-corrected chi connectivity index (χ2v) is 6.77. The van der Waals surface area contributed by atoms with E-state index in [2.05, 4.69) is 25.8 Å². The Morgan fingerprint density at radius 3 is 3.11 bits per heavy atom. The van der Waals surface area contributed by atoms with Crippen molar-refractivity contribution < 1.29 is 9.32 Å². The number of fused-ring (bicyclic) bond motifs is 1. The van der Waals surface area contributed by atoms with E-state index in [1.807, 2.05) is 50.5 Å². The van der Waals surface area contributed by atoms with Crippen LogP contribution in [0.25, 0.3) is 11.2 Å². The highest BCUT2D eigenvalue weighted by atomic mass is 16.5. The molecule has 0 fully saturated rings. The van der Waals surface area contributed by atoms with Crippen molar-refractivity contribution in [2.24, 2.45) is 0 Å². The third kappa shape index (κ3) is 3.59. The van der Waals surface area contributed by atoms with Gasteiger partial charge in [0.25, 0.3) is 5.91 Å². The fourth-order valence-electron chi connectivity index (χ4n) is 3.18. The third-order valence-electron chi connectivity index (χ3n) is 4.82. The van der Waals surface area contributed by atoms with E-state index in [0.29, 0.717) is 30.3 Å². The lowest BCUT2D eigenvalue weighted by molar-refractivity contribution is 0.0937. The van der Waals surface area contributed by atoms with Crippen LogP contribution in [0.4, 0.5) is 0 Å². The minimum absolute atomic E-state index is 0.138. The third-order valence-corrected chi connectivity index (χ3v) is 4.82. The second kappa shape index (κ2) is 7.77. The van der Waals surface area contributed by atoms with E-state index in [-0.39, 0.29) is 11.9 Å². The van der Waals surface area contributed by atoms with E-state index in [1.165, 1.54) is 0 Å². The highest BCUT2D eigenvalue weighted by molar-refractivity contribution is 5.94. The van der Waals surface area contributed by atoms with Crippen LogP contribution in [0.3, 0.4) is 0 Å². The summed E-state index contributed by atoms with van der Waals surface area (Å²) in [6.45, 7) is 2.78. The number of aromatic nitrogens is 4. The number of carbonyl (C=O) groups excluding carboxylic acids is 1. The first kappa shape index (κ1) is 18.1. The van der Waals surface area contributed by atoms with E-state index in [1.54, 1.807) is 10.6 Å². The van der Waals surface area contributed by atoms with Crippen LogP contribution < -0.4 is 10.6 Å². The molecule has 1 amide bonds. The SMILES string of the molecule is CNCCc1nc(C2=CC=C(C)C(NC(=O)c3cnc4ccccn34)C2)no1. The highest BCUT2D eigenvalue weighted by Crippen LogP contribution is 2.25. The van der Waals surface area contributed by atoms with Crippen molar-refractivity contribution in [1.29, 1.82) is 0 Å². The Labute approximate surface area is 162 Å². The summed E-state index contributed by atoms with van der Waals surface area (Å²) in [5.74, 6) is 1.01. The number of amides is 1. The molecule has 8 nitrogen and oxygen atoms in total. The largest absolute Gasteiger partial charge is 0.344 e. The van der Waals surface area contributed by atoms with Crippen molar-refractivity contribution in [3.05, 3.63) is 65.7 Å². The Balaban J connectivity index is 1.48. The fourth-order valence-corrected chi connectivity index (χ4v) is 3.18. The summed E-state index contributed by atoms with van der Waals surface area (Å²) in [7, 11) is 1.88. The van der Waals surface area contributed by atoms with Crippen LogP contribution in [0.15, 0.2) is 52.8 Å². The molecular weight excluding hydrogens is 356 g/mol. The summed E-state index contributed by atoms with van der Waals surface area (Å²) in [5, 5.41) is 10.2. The molecule has 0 saturated heterocycles. The molecular formula is C20H22N6O2. The molecule has 0 spiro atoms. The van der Waals surface area contributed by atoms with Crippen LogP contribution in [0.2, 0.25) is 0 Å². The molecule has 1 unspecified atom stereocenters. The van der Waals surface area contributed by atoms with Crippen molar-refractivity contribution in [1.82, 2.24) is 30.2 Å². The van der Waals surface area contributed by atoms with Crippen LogP contribution in [-0.4, -0.2) is 45.1 Å². The number of hydrogen-bond acceptors (Lipinski definition) is 6. The van der Waals surface area contributed by atoms with Gasteiger partial charge in [-0.2, -0.15) is 4.98 Å². The molecule has 8 heteroatoms. The lowest BCUT2D eigenvalue weighted by Gasteiger charge is -2.23.